The molecule has 0 radical (unpaired) electrons. The molecular formula is C37H36N4O5. The van der Waals surface area contributed by atoms with Crippen LogP contribution in [0.15, 0.2) is 121 Å². The lowest BCUT2D eigenvalue weighted by molar-refractivity contribution is -0.153. The Kier molecular flexibility index (Phi) is 9.40. The molecule has 0 bridgehead atoms. The van der Waals surface area contributed by atoms with E-state index in [9.17, 15) is 9.90 Å². The van der Waals surface area contributed by atoms with Gasteiger partial charge in [0.1, 0.15) is 17.2 Å². The van der Waals surface area contributed by atoms with Crippen LogP contribution in [-0.4, -0.2) is 57.7 Å². The van der Waals surface area contributed by atoms with Crippen LogP contribution in [0.5, 0.6) is 29.0 Å². The summed E-state index contributed by atoms with van der Waals surface area (Å²) in [6.07, 6.45) is 0.167. The van der Waals surface area contributed by atoms with Gasteiger partial charge in [-0.2, -0.15) is 9.97 Å². The number of aliphatic carboxylic acids is 1. The number of carbonyl (C=O) groups is 1. The van der Waals surface area contributed by atoms with E-state index in [4.69, 9.17) is 24.2 Å². The summed E-state index contributed by atoms with van der Waals surface area (Å²) in [7, 11) is 0. The maximum Gasteiger partial charge on any atom is 0.348 e. The number of ether oxygens (including phenoxy) is 3. The summed E-state index contributed by atoms with van der Waals surface area (Å²) in [5, 5.41) is 9.97. The summed E-state index contributed by atoms with van der Waals surface area (Å²) in [6, 6.07) is 37.9. The van der Waals surface area contributed by atoms with Crippen molar-refractivity contribution in [2.75, 3.05) is 31.1 Å². The minimum Gasteiger partial charge on any atom is -0.478 e. The first kappa shape index (κ1) is 30.6. The van der Waals surface area contributed by atoms with Gasteiger partial charge in [-0.1, -0.05) is 78.9 Å². The van der Waals surface area contributed by atoms with Crippen LogP contribution in [0.2, 0.25) is 0 Å². The number of piperazine rings is 1. The second-order valence-electron chi connectivity index (χ2n) is 11.4. The minimum absolute atomic E-state index is 0.167. The number of carboxylic acid groups (broad SMARTS) is 1. The summed E-state index contributed by atoms with van der Waals surface area (Å²) < 4.78 is 18.2. The van der Waals surface area contributed by atoms with E-state index in [0.717, 1.165) is 38.3 Å². The predicted octanol–water partition coefficient (Wildman–Crippen LogP) is 6.85. The Bertz CT molecular complexity index is 1710. The predicted molar refractivity (Wildman–Crippen MR) is 176 cm³/mol. The molecule has 4 aromatic carbocycles. The fourth-order valence-corrected chi connectivity index (χ4v) is 5.28. The van der Waals surface area contributed by atoms with Crippen molar-refractivity contribution in [2.24, 2.45) is 0 Å². The van der Waals surface area contributed by atoms with Crippen molar-refractivity contribution in [3.63, 3.8) is 0 Å². The van der Waals surface area contributed by atoms with Crippen molar-refractivity contribution in [2.45, 2.75) is 25.5 Å². The molecule has 1 atom stereocenters. The van der Waals surface area contributed by atoms with Gasteiger partial charge in [0.2, 0.25) is 23.3 Å². The van der Waals surface area contributed by atoms with Crippen LogP contribution in [0.25, 0.3) is 0 Å². The number of hydrogen-bond donors (Lipinski definition) is 1. The zero-order chi connectivity index (χ0) is 31.8. The molecule has 1 aliphatic rings. The zero-order valence-corrected chi connectivity index (χ0v) is 25.7. The number of rotatable bonds is 12. The molecule has 0 amide bonds. The summed E-state index contributed by atoms with van der Waals surface area (Å²) in [5.41, 5.74) is 0.640. The van der Waals surface area contributed by atoms with Crippen LogP contribution < -0.4 is 19.1 Å². The van der Waals surface area contributed by atoms with Gasteiger partial charge >= 0.3 is 5.97 Å². The van der Waals surface area contributed by atoms with E-state index in [0.29, 0.717) is 35.0 Å². The van der Waals surface area contributed by atoms with Crippen LogP contribution in [-0.2, 0) is 17.8 Å². The van der Waals surface area contributed by atoms with E-state index in [1.807, 2.05) is 66.7 Å². The lowest BCUT2D eigenvalue weighted by Crippen LogP contribution is -2.46. The number of aromatic nitrogens is 2. The normalized spacial score (nSPS) is 14.7. The van der Waals surface area contributed by atoms with Gasteiger partial charge in [-0.3, -0.25) is 4.90 Å². The quantitative estimate of drug-likeness (QED) is 0.161. The number of hydrogen-bond acceptors (Lipinski definition) is 8. The topological polar surface area (TPSA) is 97.3 Å². The van der Waals surface area contributed by atoms with Crippen LogP contribution >= 0.6 is 0 Å². The summed E-state index contributed by atoms with van der Waals surface area (Å²) >= 11 is 0. The molecule has 1 aliphatic heterocycles. The molecule has 1 N–H and O–H groups in total. The van der Waals surface area contributed by atoms with E-state index < -0.39 is 11.6 Å². The lowest BCUT2D eigenvalue weighted by atomic mass is 9.96. The first-order valence-corrected chi connectivity index (χ1v) is 15.3. The van der Waals surface area contributed by atoms with E-state index in [1.54, 1.807) is 37.3 Å². The fraction of sp³-hybridized carbons (Fsp3) is 0.216. The molecule has 46 heavy (non-hydrogen) atoms. The summed E-state index contributed by atoms with van der Waals surface area (Å²) in [5.74, 6) is 1.93. The van der Waals surface area contributed by atoms with Crippen molar-refractivity contribution in [3.8, 4) is 29.0 Å². The molecule has 0 aliphatic carbocycles. The average molecular weight is 617 g/mol. The Morgan fingerprint density at radius 2 is 1.22 bits per heavy atom. The second-order valence-corrected chi connectivity index (χ2v) is 11.4. The Hall–Kier alpha value is -5.41. The highest BCUT2D eigenvalue weighted by atomic mass is 16.5. The zero-order valence-electron chi connectivity index (χ0n) is 25.7. The molecule has 1 unspecified atom stereocenters. The Morgan fingerprint density at radius 1 is 0.696 bits per heavy atom. The molecule has 9 nitrogen and oxygen atoms in total. The smallest absolute Gasteiger partial charge is 0.348 e. The van der Waals surface area contributed by atoms with Crippen LogP contribution in [0.4, 0.5) is 5.95 Å². The van der Waals surface area contributed by atoms with E-state index in [1.165, 1.54) is 5.56 Å². The van der Waals surface area contributed by atoms with E-state index >= 15 is 0 Å². The number of nitrogens with zero attached hydrogens (tertiary/aromatic N) is 4. The van der Waals surface area contributed by atoms with Crippen molar-refractivity contribution in [3.05, 3.63) is 132 Å². The molecular weight excluding hydrogens is 580 g/mol. The van der Waals surface area contributed by atoms with Gasteiger partial charge in [-0.25, -0.2) is 4.79 Å². The SMILES string of the molecule is CC(Cc1ccc(Oc2cc(Oc3ccccc3)nc(N3CCN(Cc4ccccc4)CC3)n2)cc1)(Oc1ccccc1)C(=O)O. The molecule has 5 aromatic rings. The number of carboxylic acids is 1. The molecule has 1 fully saturated rings. The highest BCUT2D eigenvalue weighted by Crippen LogP contribution is 2.30. The van der Waals surface area contributed by atoms with E-state index in [-0.39, 0.29) is 6.42 Å². The van der Waals surface area contributed by atoms with Crippen LogP contribution in [0.1, 0.15) is 18.1 Å². The fourth-order valence-electron chi connectivity index (χ4n) is 5.28. The van der Waals surface area contributed by atoms with Gasteiger partial charge in [0, 0.05) is 39.1 Å². The number of para-hydroxylation sites is 2. The van der Waals surface area contributed by atoms with Crippen molar-refractivity contribution < 1.29 is 24.1 Å². The molecule has 2 heterocycles. The average Bonchev–Trinajstić information content (AvgIpc) is 3.07. The summed E-state index contributed by atoms with van der Waals surface area (Å²) in [6.45, 7) is 5.77. The third kappa shape index (κ3) is 7.99. The lowest BCUT2D eigenvalue weighted by Gasteiger charge is -2.34. The molecule has 9 heteroatoms. The van der Waals surface area contributed by atoms with Crippen molar-refractivity contribution in [1.29, 1.82) is 0 Å². The molecule has 0 saturated carbocycles. The highest BCUT2D eigenvalue weighted by Gasteiger charge is 2.36. The Morgan fingerprint density at radius 3 is 1.78 bits per heavy atom. The monoisotopic (exact) mass is 616 g/mol. The molecule has 234 valence electrons. The van der Waals surface area contributed by atoms with Gasteiger partial charge in [0.05, 0.1) is 6.07 Å². The molecule has 1 saturated heterocycles. The Labute approximate surface area is 268 Å². The van der Waals surface area contributed by atoms with Crippen LogP contribution in [0.3, 0.4) is 0 Å². The Balaban J connectivity index is 1.17. The van der Waals surface area contributed by atoms with Crippen LogP contribution in [0, 0.1) is 0 Å². The van der Waals surface area contributed by atoms with Crippen molar-refractivity contribution in [1.82, 2.24) is 14.9 Å². The first-order chi connectivity index (χ1) is 22.4. The van der Waals surface area contributed by atoms with E-state index in [2.05, 4.69) is 34.1 Å². The maximum atomic E-state index is 12.2. The second kappa shape index (κ2) is 14.1. The maximum absolute atomic E-state index is 12.2. The highest BCUT2D eigenvalue weighted by molar-refractivity contribution is 5.78. The number of anilines is 1. The van der Waals surface area contributed by atoms with Gasteiger partial charge in [-0.05, 0) is 54.4 Å². The van der Waals surface area contributed by atoms with Gasteiger partial charge in [0.15, 0.2) is 0 Å². The van der Waals surface area contributed by atoms with Gasteiger partial charge in [0.25, 0.3) is 0 Å². The standard InChI is InChI=1S/C37H36N4O5/c1-37(35(42)43,46-32-15-9-4-10-16-32)26-28-17-19-31(20-18-28)45-34-25-33(44-30-13-7-3-8-14-30)38-36(39-34)41-23-21-40(22-24-41)27-29-11-5-2-6-12-29/h2-20,25H,21-24,26-27H2,1H3,(H,42,43). The first-order valence-electron chi connectivity index (χ1n) is 15.3. The molecule has 1 aromatic heterocycles. The molecule has 6 rings (SSSR count). The number of benzene rings is 4. The van der Waals surface area contributed by atoms with Gasteiger partial charge < -0.3 is 24.2 Å². The minimum atomic E-state index is -1.44. The largest absolute Gasteiger partial charge is 0.478 e. The van der Waals surface area contributed by atoms with Crippen molar-refractivity contribution >= 4 is 11.9 Å². The van der Waals surface area contributed by atoms with Gasteiger partial charge in [-0.15, -0.1) is 0 Å². The summed E-state index contributed by atoms with van der Waals surface area (Å²) in [4.78, 5) is 26.2. The molecule has 0 spiro atoms. The third-order valence-corrected chi connectivity index (χ3v) is 7.76. The third-order valence-electron chi connectivity index (χ3n) is 7.76.